The van der Waals surface area contributed by atoms with Crippen LogP contribution in [-0.2, 0) is 22.6 Å². The Hall–Kier alpha value is -2.44. The summed E-state index contributed by atoms with van der Waals surface area (Å²) < 4.78 is 0. The Bertz CT molecular complexity index is 923. The molecule has 6 heteroatoms. The number of hydrogen-bond donors (Lipinski definition) is 2. The molecule has 0 radical (unpaired) electrons. The van der Waals surface area contributed by atoms with Crippen molar-refractivity contribution >= 4 is 23.2 Å². The molecule has 4 rings (SSSR count). The third-order valence-electron chi connectivity index (χ3n) is 6.25. The topological polar surface area (TPSA) is 61.4 Å². The van der Waals surface area contributed by atoms with Gasteiger partial charge < -0.3 is 10.6 Å². The van der Waals surface area contributed by atoms with E-state index in [4.69, 9.17) is 0 Å². The maximum Gasteiger partial charge on any atom is 0.309 e. The van der Waals surface area contributed by atoms with Gasteiger partial charge in [-0.3, -0.25) is 14.5 Å². The third kappa shape index (κ3) is 5.83. The van der Waals surface area contributed by atoms with Crippen LogP contribution in [0.15, 0.2) is 53.4 Å². The molecule has 1 aromatic carbocycles. The van der Waals surface area contributed by atoms with E-state index in [2.05, 4.69) is 57.3 Å². The maximum absolute atomic E-state index is 12.4. The summed E-state index contributed by atoms with van der Waals surface area (Å²) in [6.45, 7) is 2.75. The van der Waals surface area contributed by atoms with Crippen molar-refractivity contribution in [3.8, 4) is 0 Å². The van der Waals surface area contributed by atoms with Crippen LogP contribution in [0.4, 0.5) is 0 Å². The van der Waals surface area contributed by atoms with Gasteiger partial charge in [-0.15, -0.1) is 11.3 Å². The number of carbonyl (C=O) groups excluding carboxylic acids is 2. The lowest BCUT2D eigenvalue weighted by molar-refractivity contribution is -0.139. The van der Waals surface area contributed by atoms with Gasteiger partial charge in [0.05, 0.1) is 6.04 Å². The van der Waals surface area contributed by atoms with E-state index in [0.717, 1.165) is 38.8 Å². The van der Waals surface area contributed by atoms with Crippen LogP contribution in [0, 0.1) is 0 Å². The van der Waals surface area contributed by atoms with Crippen LogP contribution in [0.25, 0.3) is 0 Å². The second kappa shape index (κ2) is 10.7. The molecule has 0 saturated carbocycles. The maximum atomic E-state index is 12.4. The predicted octanol–water partition coefficient (Wildman–Crippen LogP) is 3.97. The Morgan fingerprint density at radius 1 is 1.00 bits per heavy atom. The molecule has 2 heterocycles. The highest BCUT2D eigenvalue weighted by Gasteiger charge is 2.26. The fraction of sp³-hybridized carbons (Fsp3) is 0.440. The van der Waals surface area contributed by atoms with Crippen LogP contribution in [0.5, 0.6) is 0 Å². The second-order valence-corrected chi connectivity index (χ2v) is 9.32. The first-order valence-corrected chi connectivity index (χ1v) is 12.2. The van der Waals surface area contributed by atoms with Gasteiger partial charge in [0.1, 0.15) is 0 Å². The van der Waals surface area contributed by atoms with Gasteiger partial charge in [-0.2, -0.15) is 0 Å². The average molecular weight is 438 g/mol. The molecule has 31 heavy (non-hydrogen) atoms. The first-order valence-electron chi connectivity index (χ1n) is 11.3. The fourth-order valence-corrected chi connectivity index (χ4v) is 5.35. The van der Waals surface area contributed by atoms with Gasteiger partial charge in [0, 0.05) is 31.1 Å². The normalized spacial score (nSPS) is 17.4. The first-order chi connectivity index (χ1) is 15.2. The monoisotopic (exact) mass is 437 g/mol. The quantitative estimate of drug-likeness (QED) is 0.509. The zero-order valence-electron chi connectivity index (χ0n) is 17.9. The summed E-state index contributed by atoms with van der Waals surface area (Å²) in [5.41, 5.74) is 4.15. The molecular weight excluding hydrogens is 406 g/mol. The Balaban J connectivity index is 1.31. The highest BCUT2D eigenvalue weighted by atomic mass is 32.1. The van der Waals surface area contributed by atoms with Crippen molar-refractivity contribution in [2.24, 2.45) is 0 Å². The average Bonchev–Trinajstić information content (AvgIpc) is 3.34. The zero-order valence-corrected chi connectivity index (χ0v) is 18.8. The summed E-state index contributed by atoms with van der Waals surface area (Å²) >= 11 is 1.70. The number of amides is 2. The van der Waals surface area contributed by atoms with Crippen molar-refractivity contribution in [1.82, 2.24) is 15.5 Å². The number of carbonyl (C=O) groups is 2. The van der Waals surface area contributed by atoms with Crippen LogP contribution >= 0.6 is 11.3 Å². The van der Waals surface area contributed by atoms with Crippen LogP contribution in [0.2, 0.25) is 0 Å². The van der Waals surface area contributed by atoms with E-state index < -0.39 is 11.8 Å². The fourth-order valence-electron chi connectivity index (χ4n) is 4.49. The molecule has 1 aliphatic heterocycles. The molecule has 2 aromatic rings. The number of benzene rings is 1. The highest BCUT2D eigenvalue weighted by Crippen LogP contribution is 2.30. The molecule has 1 atom stereocenters. The van der Waals surface area contributed by atoms with Gasteiger partial charge in [-0.25, -0.2) is 0 Å². The lowest BCUT2D eigenvalue weighted by atomic mass is 9.97. The minimum absolute atomic E-state index is 0.0671. The molecule has 0 spiro atoms. The minimum atomic E-state index is -0.545. The highest BCUT2D eigenvalue weighted by molar-refractivity contribution is 7.10. The molecule has 2 aliphatic rings. The van der Waals surface area contributed by atoms with Crippen molar-refractivity contribution in [1.29, 1.82) is 0 Å². The molecule has 0 unspecified atom stereocenters. The summed E-state index contributed by atoms with van der Waals surface area (Å²) in [5.74, 6) is -1.08. The van der Waals surface area contributed by atoms with Crippen molar-refractivity contribution in [2.75, 3.05) is 19.6 Å². The van der Waals surface area contributed by atoms with Gasteiger partial charge >= 0.3 is 11.8 Å². The van der Waals surface area contributed by atoms with E-state index in [1.54, 1.807) is 11.3 Å². The van der Waals surface area contributed by atoms with Crippen molar-refractivity contribution < 1.29 is 9.59 Å². The number of allylic oxidation sites excluding steroid dienone is 1. The van der Waals surface area contributed by atoms with E-state index >= 15 is 0 Å². The van der Waals surface area contributed by atoms with Crippen LogP contribution < -0.4 is 10.6 Å². The van der Waals surface area contributed by atoms with Crippen molar-refractivity contribution in [3.63, 3.8) is 0 Å². The largest absolute Gasteiger partial charge is 0.348 e. The number of rotatable bonds is 7. The third-order valence-corrected chi connectivity index (χ3v) is 7.22. The number of thiophene rings is 1. The van der Waals surface area contributed by atoms with Gasteiger partial charge in [0.25, 0.3) is 0 Å². The van der Waals surface area contributed by atoms with E-state index in [0.29, 0.717) is 13.1 Å². The number of fused-ring (bicyclic) bond motifs is 1. The Labute approximate surface area is 188 Å². The van der Waals surface area contributed by atoms with E-state index in [1.807, 2.05) is 6.07 Å². The Morgan fingerprint density at radius 3 is 2.61 bits per heavy atom. The van der Waals surface area contributed by atoms with Crippen molar-refractivity contribution in [2.45, 2.75) is 51.1 Å². The Morgan fingerprint density at radius 2 is 1.84 bits per heavy atom. The lowest BCUT2D eigenvalue weighted by Crippen LogP contribution is -2.45. The Kier molecular flexibility index (Phi) is 7.54. The van der Waals surface area contributed by atoms with Gasteiger partial charge in [-0.1, -0.05) is 42.0 Å². The molecule has 1 aliphatic carbocycles. The predicted molar refractivity (Wildman–Crippen MR) is 125 cm³/mol. The van der Waals surface area contributed by atoms with E-state index in [9.17, 15) is 9.59 Å². The van der Waals surface area contributed by atoms with E-state index in [-0.39, 0.29) is 6.04 Å². The zero-order chi connectivity index (χ0) is 21.5. The summed E-state index contributed by atoms with van der Waals surface area (Å²) in [5, 5.41) is 7.72. The minimum Gasteiger partial charge on any atom is -0.348 e. The summed E-state index contributed by atoms with van der Waals surface area (Å²) in [6, 6.07) is 12.8. The van der Waals surface area contributed by atoms with Gasteiger partial charge in [0.2, 0.25) is 0 Å². The summed E-state index contributed by atoms with van der Waals surface area (Å²) in [7, 11) is 0. The SMILES string of the molecule is O=C(NCCC1=CCCCC1)C(=O)NC[C@H](c1cccs1)N1CCc2ccccc2C1. The van der Waals surface area contributed by atoms with Gasteiger partial charge in [-0.05, 0) is 61.1 Å². The first kappa shape index (κ1) is 21.8. The molecule has 0 saturated heterocycles. The smallest absolute Gasteiger partial charge is 0.309 e. The van der Waals surface area contributed by atoms with Crippen LogP contribution in [0.1, 0.15) is 54.1 Å². The standard InChI is InChI=1S/C25H31N3O2S/c29-24(26-14-12-19-7-2-1-3-8-19)25(30)27-17-22(23-11-6-16-31-23)28-15-13-20-9-4-5-10-21(20)18-28/h4-7,9-11,16,22H,1-3,8,12-15,17-18H2,(H,26,29)(H,27,30)/t22-/m1/s1. The van der Waals surface area contributed by atoms with Crippen LogP contribution in [-0.4, -0.2) is 36.3 Å². The summed E-state index contributed by atoms with van der Waals surface area (Å²) in [6.07, 6.45) is 8.85. The van der Waals surface area contributed by atoms with Crippen molar-refractivity contribution in [3.05, 3.63) is 69.4 Å². The van der Waals surface area contributed by atoms with Crippen LogP contribution in [0.3, 0.4) is 0 Å². The second-order valence-electron chi connectivity index (χ2n) is 8.34. The number of nitrogens with one attached hydrogen (secondary N) is 2. The molecular formula is C25H31N3O2S. The molecule has 2 amide bonds. The molecule has 164 valence electrons. The lowest BCUT2D eigenvalue weighted by Gasteiger charge is -2.35. The number of nitrogens with zero attached hydrogens (tertiary/aromatic N) is 1. The molecule has 5 nitrogen and oxygen atoms in total. The molecule has 0 fully saturated rings. The molecule has 0 bridgehead atoms. The molecule has 1 aromatic heterocycles. The van der Waals surface area contributed by atoms with Gasteiger partial charge in [0.15, 0.2) is 0 Å². The number of hydrogen-bond acceptors (Lipinski definition) is 4. The summed E-state index contributed by atoms with van der Waals surface area (Å²) in [4.78, 5) is 28.3. The molecule has 2 N–H and O–H groups in total. The van der Waals surface area contributed by atoms with E-state index in [1.165, 1.54) is 34.4 Å².